The van der Waals surface area contributed by atoms with E-state index in [4.69, 9.17) is 0 Å². The quantitative estimate of drug-likeness (QED) is 0.873. The highest BCUT2D eigenvalue weighted by atomic mass is 16.4. The highest BCUT2D eigenvalue weighted by Crippen LogP contribution is 2.48. The molecule has 102 valence electrons. The molecule has 2 fully saturated rings. The van der Waals surface area contributed by atoms with Gasteiger partial charge in [-0.05, 0) is 56.1 Å². The summed E-state index contributed by atoms with van der Waals surface area (Å²) in [5.74, 6) is 2.07. The number of rotatable bonds is 4. The third-order valence-electron chi connectivity index (χ3n) is 4.68. The van der Waals surface area contributed by atoms with Crippen LogP contribution in [0.1, 0.15) is 41.7 Å². The Bertz CT molecular complexity index is 501. The molecule has 0 amide bonds. The van der Waals surface area contributed by atoms with E-state index >= 15 is 0 Å². The Kier molecular flexibility index (Phi) is 3.17. The van der Waals surface area contributed by atoms with Crippen molar-refractivity contribution >= 4 is 11.8 Å². The topological polar surface area (TPSA) is 62.2 Å². The van der Waals surface area contributed by atoms with E-state index in [0.29, 0.717) is 11.7 Å². The van der Waals surface area contributed by atoms with E-state index in [9.17, 15) is 9.90 Å². The van der Waals surface area contributed by atoms with Crippen molar-refractivity contribution in [2.45, 2.75) is 32.6 Å². The Morgan fingerprint density at radius 2 is 2.26 bits per heavy atom. The minimum absolute atomic E-state index is 0.272. The van der Waals surface area contributed by atoms with Crippen molar-refractivity contribution in [3.05, 3.63) is 23.4 Å². The van der Waals surface area contributed by atoms with Crippen molar-refractivity contribution in [3.8, 4) is 0 Å². The molecule has 2 aliphatic rings. The van der Waals surface area contributed by atoms with Gasteiger partial charge >= 0.3 is 5.97 Å². The maximum Gasteiger partial charge on any atom is 0.339 e. The first-order valence-electron chi connectivity index (χ1n) is 7.08. The number of fused-ring (bicyclic) bond motifs is 2. The van der Waals surface area contributed by atoms with Gasteiger partial charge in [-0.3, -0.25) is 0 Å². The Hall–Kier alpha value is -1.58. The normalized spacial score (nSPS) is 28.6. The molecule has 0 spiro atoms. The van der Waals surface area contributed by atoms with E-state index in [1.807, 2.05) is 6.92 Å². The number of aromatic carboxylic acids is 1. The van der Waals surface area contributed by atoms with Crippen LogP contribution in [-0.2, 0) is 0 Å². The highest BCUT2D eigenvalue weighted by Gasteiger charge is 2.39. The summed E-state index contributed by atoms with van der Waals surface area (Å²) in [6.45, 7) is 2.74. The largest absolute Gasteiger partial charge is 0.478 e. The fourth-order valence-corrected chi connectivity index (χ4v) is 3.72. The fraction of sp³-hybridized carbons (Fsp3) is 0.600. The highest BCUT2D eigenvalue weighted by molar-refractivity contribution is 5.93. The first-order valence-corrected chi connectivity index (χ1v) is 7.08. The van der Waals surface area contributed by atoms with Crippen LogP contribution in [0.25, 0.3) is 0 Å². The number of carboxylic acid groups (broad SMARTS) is 1. The number of pyridine rings is 1. The lowest BCUT2D eigenvalue weighted by Crippen LogP contribution is -2.21. The molecule has 1 aromatic rings. The van der Waals surface area contributed by atoms with Gasteiger partial charge in [-0.1, -0.05) is 6.42 Å². The number of nitrogens with zero attached hydrogens (tertiary/aromatic N) is 1. The molecular weight excluding hydrogens is 240 g/mol. The lowest BCUT2D eigenvalue weighted by Gasteiger charge is -2.22. The van der Waals surface area contributed by atoms with E-state index < -0.39 is 5.97 Å². The van der Waals surface area contributed by atoms with Gasteiger partial charge in [-0.25, -0.2) is 9.78 Å². The number of aryl methyl sites for hydroxylation is 1. The molecule has 1 aromatic heterocycles. The third kappa shape index (κ3) is 2.44. The zero-order chi connectivity index (χ0) is 13.4. The molecule has 1 heterocycles. The van der Waals surface area contributed by atoms with Crippen LogP contribution >= 0.6 is 0 Å². The summed E-state index contributed by atoms with van der Waals surface area (Å²) in [7, 11) is 0. The summed E-state index contributed by atoms with van der Waals surface area (Å²) in [5.41, 5.74) is 1.12. The lowest BCUT2D eigenvalue weighted by molar-refractivity contribution is 0.0697. The van der Waals surface area contributed by atoms with Crippen LogP contribution < -0.4 is 5.32 Å². The zero-order valence-electron chi connectivity index (χ0n) is 11.2. The van der Waals surface area contributed by atoms with Gasteiger partial charge in [-0.15, -0.1) is 0 Å². The van der Waals surface area contributed by atoms with Crippen molar-refractivity contribution in [1.29, 1.82) is 0 Å². The van der Waals surface area contributed by atoms with Crippen LogP contribution in [0.2, 0.25) is 0 Å². The Labute approximate surface area is 113 Å². The number of carbonyl (C=O) groups is 1. The summed E-state index contributed by atoms with van der Waals surface area (Å²) in [4.78, 5) is 15.5. The molecule has 2 bridgehead atoms. The molecule has 3 rings (SSSR count). The Morgan fingerprint density at radius 3 is 2.89 bits per heavy atom. The molecule has 2 aliphatic carbocycles. The SMILES string of the molecule is Cc1ccc(C(=O)O)c(NCC2CC3CCC2C3)n1. The van der Waals surface area contributed by atoms with Crippen LogP contribution in [-0.4, -0.2) is 22.6 Å². The lowest BCUT2D eigenvalue weighted by atomic mass is 9.89. The molecule has 19 heavy (non-hydrogen) atoms. The number of nitrogens with one attached hydrogen (secondary N) is 1. The predicted molar refractivity (Wildman–Crippen MR) is 73.4 cm³/mol. The molecule has 4 heteroatoms. The molecule has 2 N–H and O–H groups in total. The Balaban J connectivity index is 1.69. The second-order valence-corrected chi connectivity index (χ2v) is 5.97. The number of anilines is 1. The Morgan fingerprint density at radius 1 is 1.42 bits per heavy atom. The second-order valence-electron chi connectivity index (χ2n) is 5.97. The number of hydrogen-bond acceptors (Lipinski definition) is 3. The molecule has 3 atom stereocenters. The molecule has 0 aromatic carbocycles. The van der Waals surface area contributed by atoms with E-state index in [1.54, 1.807) is 12.1 Å². The number of carboxylic acids is 1. The average molecular weight is 260 g/mol. The smallest absolute Gasteiger partial charge is 0.339 e. The molecule has 2 saturated carbocycles. The van der Waals surface area contributed by atoms with E-state index in [1.165, 1.54) is 25.7 Å². The maximum atomic E-state index is 11.2. The van der Waals surface area contributed by atoms with Crippen LogP contribution in [0, 0.1) is 24.7 Å². The van der Waals surface area contributed by atoms with Crippen LogP contribution in [0.5, 0.6) is 0 Å². The third-order valence-corrected chi connectivity index (χ3v) is 4.68. The monoisotopic (exact) mass is 260 g/mol. The maximum absolute atomic E-state index is 11.2. The van der Waals surface area contributed by atoms with Gasteiger partial charge in [0, 0.05) is 12.2 Å². The van der Waals surface area contributed by atoms with E-state index in [2.05, 4.69) is 10.3 Å². The summed E-state index contributed by atoms with van der Waals surface area (Å²) >= 11 is 0. The van der Waals surface area contributed by atoms with Crippen molar-refractivity contribution in [1.82, 2.24) is 4.98 Å². The van der Waals surface area contributed by atoms with Gasteiger partial charge in [0.2, 0.25) is 0 Å². The average Bonchev–Trinajstić information content (AvgIpc) is 2.98. The summed E-state index contributed by atoms with van der Waals surface area (Å²) < 4.78 is 0. The van der Waals surface area contributed by atoms with Crippen LogP contribution in [0.15, 0.2) is 12.1 Å². The molecule has 0 radical (unpaired) electrons. The molecule has 4 nitrogen and oxygen atoms in total. The van der Waals surface area contributed by atoms with Crippen molar-refractivity contribution in [2.75, 3.05) is 11.9 Å². The van der Waals surface area contributed by atoms with Crippen LogP contribution in [0.3, 0.4) is 0 Å². The van der Waals surface area contributed by atoms with Crippen molar-refractivity contribution in [2.24, 2.45) is 17.8 Å². The van der Waals surface area contributed by atoms with Gasteiger partial charge in [-0.2, -0.15) is 0 Å². The summed E-state index contributed by atoms with van der Waals surface area (Å²) in [6, 6.07) is 3.37. The summed E-state index contributed by atoms with van der Waals surface area (Å²) in [6.07, 6.45) is 5.42. The van der Waals surface area contributed by atoms with Gasteiger partial charge in [0.05, 0.1) is 0 Å². The molecular formula is C15H20N2O2. The van der Waals surface area contributed by atoms with E-state index in [-0.39, 0.29) is 5.56 Å². The first kappa shape index (κ1) is 12.5. The molecule has 0 aliphatic heterocycles. The molecule has 0 saturated heterocycles. The number of hydrogen-bond donors (Lipinski definition) is 2. The van der Waals surface area contributed by atoms with Crippen molar-refractivity contribution < 1.29 is 9.90 Å². The standard InChI is InChI=1S/C15H20N2O2/c1-9-2-5-13(15(18)19)14(17-9)16-8-12-7-10-3-4-11(12)6-10/h2,5,10-12H,3-4,6-8H2,1H3,(H,16,17)(H,18,19). The first-order chi connectivity index (χ1) is 9.13. The zero-order valence-corrected chi connectivity index (χ0v) is 11.2. The van der Waals surface area contributed by atoms with Gasteiger partial charge in [0.1, 0.15) is 11.4 Å². The van der Waals surface area contributed by atoms with Crippen LogP contribution in [0.4, 0.5) is 5.82 Å². The van der Waals surface area contributed by atoms with Crippen molar-refractivity contribution in [3.63, 3.8) is 0 Å². The second kappa shape index (κ2) is 4.83. The minimum Gasteiger partial charge on any atom is -0.478 e. The minimum atomic E-state index is -0.914. The fourth-order valence-electron chi connectivity index (χ4n) is 3.72. The van der Waals surface area contributed by atoms with Gasteiger partial charge in [0.25, 0.3) is 0 Å². The number of aromatic nitrogens is 1. The molecule has 3 unspecified atom stereocenters. The van der Waals surface area contributed by atoms with Gasteiger partial charge in [0.15, 0.2) is 0 Å². The predicted octanol–water partition coefficient (Wildman–Crippen LogP) is 2.94. The summed E-state index contributed by atoms with van der Waals surface area (Å²) in [5, 5.41) is 12.4. The van der Waals surface area contributed by atoms with E-state index in [0.717, 1.165) is 24.1 Å². The van der Waals surface area contributed by atoms with Gasteiger partial charge < -0.3 is 10.4 Å².